The molecule has 0 bridgehead atoms. The maximum atomic E-state index is 11.8. The highest BCUT2D eigenvalue weighted by Gasteiger charge is 2.36. The lowest BCUT2D eigenvalue weighted by Crippen LogP contribution is -2.37. The van der Waals surface area contributed by atoms with Crippen LogP contribution < -0.4 is 10.1 Å². The summed E-state index contributed by atoms with van der Waals surface area (Å²) < 4.78 is 28.6. The average Bonchev–Trinajstić information content (AvgIpc) is 2.26. The van der Waals surface area contributed by atoms with Crippen LogP contribution >= 0.6 is 0 Å². The van der Waals surface area contributed by atoms with Gasteiger partial charge in [-0.25, -0.2) is 8.42 Å². The van der Waals surface area contributed by atoms with E-state index >= 15 is 0 Å². The third-order valence-electron chi connectivity index (χ3n) is 2.47. The number of benzene rings is 1. The van der Waals surface area contributed by atoms with Gasteiger partial charge in [-0.05, 0) is 19.1 Å². The summed E-state index contributed by atoms with van der Waals surface area (Å²) in [6.07, 6.45) is 0. The van der Waals surface area contributed by atoms with Crippen LogP contribution in [0.2, 0.25) is 0 Å². The molecular weight excluding hydrogens is 230 g/mol. The van der Waals surface area contributed by atoms with E-state index in [1.807, 2.05) is 0 Å². The summed E-state index contributed by atoms with van der Waals surface area (Å²) in [5.41, 5.74) is 0.409. The van der Waals surface area contributed by atoms with Crippen molar-refractivity contribution in [2.45, 2.75) is 17.9 Å². The Morgan fingerprint density at radius 1 is 1.38 bits per heavy atom. The first-order valence-electron chi connectivity index (χ1n) is 4.70. The van der Waals surface area contributed by atoms with E-state index < -0.39 is 21.0 Å². The van der Waals surface area contributed by atoms with E-state index in [0.717, 1.165) is 0 Å². The maximum Gasteiger partial charge on any atom is 0.272 e. The lowest BCUT2D eigenvalue weighted by molar-refractivity contribution is -0.112. The van der Waals surface area contributed by atoms with Gasteiger partial charge in [-0.15, -0.1) is 0 Å². The fourth-order valence-electron chi connectivity index (χ4n) is 1.62. The second-order valence-electron chi connectivity index (χ2n) is 3.55. The number of carbonyl (C=O) groups excluding carboxylic acids is 1. The third-order valence-corrected chi connectivity index (χ3v) is 4.28. The molecule has 0 spiro atoms. The molecule has 0 fully saturated rings. The molecule has 5 nitrogen and oxygen atoms in total. The molecule has 1 heterocycles. The van der Waals surface area contributed by atoms with Crippen molar-refractivity contribution < 1.29 is 17.9 Å². The largest absolute Gasteiger partial charge is 0.497 e. The SMILES string of the molecule is COc1ccc2c(c1)NC(C)C(=O)S2(=O)=O. The minimum Gasteiger partial charge on any atom is -0.497 e. The van der Waals surface area contributed by atoms with Gasteiger partial charge in [-0.3, -0.25) is 4.79 Å². The number of sulfone groups is 1. The van der Waals surface area contributed by atoms with Crippen LogP contribution in [-0.4, -0.2) is 26.7 Å². The molecule has 1 aliphatic rings. The van der Waals surface area contributed by atoms with Gasteiger partial charge >= 0.3 is 0 Å². The molecule has 0 saturated heterocycles. The molecule has 1 aromatic carbocycles. The molecular formula is C10H11NO4S. The second-order valence-corrected chi connectivity index (χ2v) is 5.40. The van der Waals surface area contributed by atoms with Gasteiger partial charge < -0.3 is 10.1 Å². The van der Waals surface area contributed by atoms with Crippen molar-refractivity contribution in [3.63, 3.8) is 0 Å². The molecule has 16 heavy (non-hydrogen) atoms. The fraction of sp³-hybridized carbons (Fsp3) is 0.300. The van der Waals surface area contributed by atoms with E-state index in [0.29, 0.717) is 11.4 Å². The molecule has 1 aliphatic heterocycles. The molecule has 0 saturated carbocycles. The van der Waals surface area contributed by atoms with Crippen LogP contribution in [0, 0.1) is 0 Å². The first-order valence-corrected chi connectivity index (χ1v) is 6.18. The minimum atomic E-state index is -3.85. The van der Waals surface area contributed by atoms with Crippen molar-refractivity contribution in [2.75, 3.05) is 12.4 Å². The summed E-state index contributed by atoms with van der Waals surface area (Å²) in [5, 5.41) is 2.03. The molecule has 1 aromatic rings. The van der Waals surface area contributed by atoms with E-state index in [1.54, 1.807) is 6.07 Å². The Hall–Kier alpha value is -1.56. The van der Waals surface area contributed by atoms with Crippen molar-refractivity contribution in [3.05, 3.63) is 18.2 Å². The Morgan fingerprint density at radius 2 is 2.06 bits per heavy atom. The quantitative estimate of drug-likeness (QED) is 0.787. The van der Waals surface area contributed by atoms with Crippen molar-refractivity contribution >= 4 is 20.6 Å². The summed E-state index contributed by atoms with van der Waals surface area (Å²) in [5.74, 6) is 0.544. The number of anilines is 1. The molecule has 1 N–H and O–H groups in total. The number of hydrogen-bond acceptors (Lipinski definition) is 5. The molecule has 0 amide bonds. The molecule has 0 aliphatic carbocycles. The Balaban J connectivity index is 2.65. The number of hydrogen-bond donors (Lipinski definition) is 1. The summed E-state index contributed by atoms with van der Waals surface area (Å²) >= 11 is 0. The maximum absolute atomic E-state index is 11.8. The van der Waals surface area contributed by atoms with Crippen LogP contribution in [0.25, 0.3) is 0 Å². The molecule has 2 rings (SSSR count). The van der Waals surface area contributed by atoms with Crippen molar-refractivity contribution in [1.29, 1.82) is 0 Å². The topological polar surface area (TPSA) is 72.5 Å². The van der Waals surface area contributed by atoms with Gasteiger partial charge in [0.2, 0.25) is 9.84 Å². The predicted octanol–water partition coefficient (Wildman–Crippen LogP) is 0.809. The predicted molar refractivity (Wildman–Crippen MR) is 58.3 cm³/mol. The molecule has 0 aromatic heterocycles. The number of methoxy groups -OCH3 is 1. The van der Waals surface area contributed by atoms with Gasteiger partial charge in [-0.2, -0.15) is 0 Å². The summed E-state index contributed by atoms with van der Waals surface area (Å²) in [6.45, 7) is 1.52. The van der Waals surface area contributed by atoms with Gasteiger partial charge in [0.05, 0.1) is 23.7 Å². The number of ether oxygens (including phenoxy) is 1. The standard InChI is InChI=1S/C10H11NO4S/c1-6-10(12)16(13,14)9-4-3-7(15-2)5-8(9)11-6/h3-6,11H,1-2H3. The Bertz CT molecular complexity index is 550. The first-order chi connectivity index (χ1) is 7.46. The first kappa shape index (κ1) is 10.9. The van der Waals surface area contributed by atoms with Gasteiger partial charge in [-0.1, -0.05) is 0 Å². The lowest BCUT2D eigenvalue weighted by atomic mass is 10.2. The van der Waals surface area contributed by atoms with E-state index in [4.69, 9.17) is 4.74 Å². The van der Waals surface area contributed by atoms with Gasteiger partial charge in [0.15, 0.2) is 0 Å². The van der Waals surface area contributed by atoms with E-state index in [-0.39, 0.29) is 4.90 Å². The van der Waals surface area contributed by atoms with Crippen LogP contribution in [-0.2, 0) is 14.6 Å². The monoisotopic (exact) mass is 241 g/mol. The molecule has 6 heteroatoms. The average molecular weight is 241 g/mol. The number of carbonyl (C=O) groups is 1. The van der Waals surface area contributed by atoms with Crippen LogP contribution in [0.3, 0.4) is 0 Å². The highest BCUT2D eigenvalue weighted by molar-refractivity contribution is 8.06. The van der Waals surface area contributed by atoms with Crippen LogP contribution in [0.5, 0.6) is 5.75 Å². The normalized spacial score (nSPS) is 22.1. The molecule has 1 unspecified atom stereocenters. The lowest BCUT2D eigenvalue weighted by Gasteiger charge is -2.23. The summed E-state index contributed by atoms with van der Waals surface area (Å²) in [6, 6.07) is 3.72. The minimum absolute atomic E-state index is 0.0106. The van der Waals surface area contributed by atoms with E-state index in [2.05, 4.69) is 5.32 Å². The Labute approximate surface area is 93.3 Å². The highest BCUT2D eigenvalue weighted by Crippen LogP contribution is 2.32. The van der Waals surface area contributed by atoms with Crippen molar-refractivity contribution in [1.82, 2.24) is 0 Å². The molecule has 0 radical (unpaired) electrons. The Kier molecular flexibility index (Phi) is 2.38. The third kappa shape index (κ3) is 1.46. The van der Waals surface area contributed by atoms with Crippen LogP contribution in [0.1, 0.15) is 6.92 Å². The molecule has 86 valence electrons. The summed E-state index contributed by atoms with van der Waals surface area (Å²) in [4.78, 5) is 11.5. The number of fused-ring (bicyclic) bond motifs is 1. The molecule has 1 atom stereocenters. The van der Waals surface area contributed by atoms with Gasteiger partial charge in [0, 0.05) is 6.07 Å². The van der Waals surface area contributed by atoms with Crippen LogP contribution in [0.4, 0.5) is 5.69 Å². The van der Waals surface area contributed by atoms with Gasteiger partial charge in [0.1, 0.15) is 5.75 Å². The number of rotatable bonds is 1. The fourth-order valence-corrected chi connectivity index (χ4v) is 3.01. The number of nitrogens with one attached hydrogen (secondary N) is 1. The zero-order chi connectivity index (χ0) is 11.9. The highest BCUT2D eigenvalue weighted by atomic mass is 32.2. The van der Waals surface area contributed by atoms with Crippen LogP contribution in [0.15, 0.2) is 23.1 Å². The van der Waals surface area contributed by atoms with E-state index in [9.17, 15) is 13.2 Å². The van der Waals surface area contributed by atoms with Gasteiger partial charge in [0.25, 0.3) is 5.12 Å². The van der Waals surface area contributed by atoms with Crippen molar-refractivity contribution in [2.24, 2.45) is 0 Å². The summed E-state index contributed by atoms with van der Waals surface area (Å²) in [7, 11) is -2.36. The Morgan fingerprint density at radius 3 is 2.69 bits per heavy atom. The second kappa shape index (κ2) is 3.48. The zero-order valence-corrected chi connectivity index (χ0v) is 9.67. The zero-order valence-electron chi connectivity index (χ0n) is 8.85. The van der Waals surface area contributed by atoms with E-state index in [1.165, 1.54) is 26.2 Å². The van der Waals surface area contributed by atoms with Crippen molar-refractivity contribution in [3.8, 4) is 5.75 Å². The smallest absolute Gasteiger partial charge is 0.272 e.